The lowest BCUT2D eigenvalue weighted by Gasteiger charge is -2.21. The minimum absolute atomic E-state index is 0.0876. The summed E-state index contributed by atoms with van der Waals surface area (Å²) in [7, 11) is 1.31. The Hall–Kier alpha value is -1.53. The highest BCUT2D eigenvalue weighted by atomic mass is 32.2. The minimum atomic E-state index is -0.439. The van der Waals surface area contributed by atoms with Crippen LogP contribution in [0.4, 0.5) is 0 Å². The highest BCUT2D eigenvalue weighted by Gasteiger charge is 2.33. The van der Waals surface area contributed by atoms with Gasteiger partial charge < -0.3 is 10.1 Å². The van der Waals surface area contributed by atoms with Crippen LogP contribution in [0.25, 0.3) is 0 Å². The number of methoxy groups -OCH3 is 1. The molecule has 6 heteroatoms. The van der Waals surface area contributed by atoms with E-state index in [2.05, 4.69) is 60.4 Å². The zero-order valence-electron chi connectivity index (χ0n) is 15.4. The lowest BCUT2D eigenvalue weighted by Crippen LogP contribution is -2.46. The van der Waals surface area contributed by atoms with Crippen LogP contribution in [0, 0.1) is 5.92 Å². The third kappa shape index (κ3) is 5.75. The molecule has 0 radical (unpaired) electrons. The maximum absolute atomic E-state index is 12.1. The highest BCUT2D eigenvalue weighted by molar-refractivity contribution is 8.00. The standard InChI is InChI=1S/C19H28N2O3S/c1-12(2)9-14-5-7-15(8-6-14)13(3)19-21-16(11-25-19)18(23)20-10-17(22)24-4/h5-8,12-13,16,19,21H,9-11H2,1-4H3,(H,20,23)/t13-,16+,19?/m1/s1. The van der Waals surface area contributed by atoms with Gasteiger partial charge >= 0.3 is 5.97 Å². The predicted octanol–water partition coefficient (Wildman–Crippen LogP) is 2.31. The summed E-state index contributed by atoms with van der Waals surface area (Å²) in [6, 6.07) is 8.50. The van der Waals surface area contributed by atoms with Crippen molar-refractivity contribution in [2.24, 2.45) is 5.92 Å². The van der Waals surface area contributed by atoms with Gasteiger partial charge in [0.2, 0.25) is 5.91 Å². The van der Waals surface area contributed by atoms with E-state index in [9.17, 15) is 9.59 Å². The first-order valence-electron chi connectivity index (χ1n) is 8.71. The maximum Gasteiger partial charge on any atom is 0.325 e. The van der Waals surface area contributed by atoms with Gasteiger partial charge in [-0.1, -0.05) is 45.0 Å². The molecule has 138 valence electrons. The van der Waals surface area contributed by atoms with Crippen LogP contribution < -0.4 is 10.6 Å². The van der Waals surface area contributed by atoms with Crippen molar-refractivity contribution < 1.29 is 14.3 Å². The molecular formula is C19H28N2O3S. The molecule has 0 spiro atoms. The molecule has 1 aliphatic heterocycles. The number of esters is 1. The van der Waals surface area contributed by atoms with Gasteiger partial charge in [-0.05, 0) is 23.5 Å². The number of ether oxygens (including phenoxy) is 1. The van der Waals surface area contributed by atoms with Crippen molar-refractivity contribution in [2.75, 3.05) is 19.4 Å². The molecule has 2 rings (SSSR count). The zero-order chi connectivity index (χ0) is 18.4. The zero-order valence-corrected chi connectivity index (χ0v) is 16.2. The SMILES string of the molecule is COC(=O)CNC(=O)[C@@H]1CSC([C@H](C)c2ccc(CC(C)C)cc2)N1. The van der Waals surface area contributed by atoms with Crippen molar-refractivity contribution in [3.63, 3.8) is 0 Å². The summed E-state index contributed by atoms with van der Waals surface area (Å²) in [5, 5.41) is 6.17. The van der Waals surface area contributed by atoms with E-state index < -0.39 is 5.97 Å². The van der Waals surface area contributed by atoms with Crippen LogP contribution in [-0.2, 0) is 20.7 Å². The van der Waals surface area contributed by atoms with Crippen LogP contribution in [0.15, 0.2) is 24.3 Å². The van der Waals surface area contributed by atoms with Gasteiger partial charge in [-0.3, -0.25) is 14.9 Å². The lowest BCUT2D eigenvalue weighted by atomic mass is 9.96. The number of rotatable bonds is 7. The van der Waals surface area contributed by atoms with Crippen molar-refractivity contribution in [1.82, 2.24) is 10.6 Å². The molecule has 5 nitrogen and oxygen atoms in total. The molecule has 25 heavy (non-hydrogen) atoms. The van der Waals surface area contributed by atoms with E-state index in [1.807, 2.05) is 0 Å². The summed E-state index contributed by atoms with van der Waals surface area (Å²) in [5.74, 6) is 1.06. The minimum Gasteiger partial charge on any atom is -0.468 e. The van der Waals surface area contributed by atoms with E-state index in [-0.39, 0.29) is 23.9 Å². The smallest absolute Gasteiger partial charge is 0.325 e. The average molecular weight is 365 g/mol. The number of hydrogen-bond donors (Lipinski definition) is 2. The lowest BCUT2D eigenvalue weighted by molar-refractivity contribution is -0.141. The number of amides is 1. The summed E-state index contributed by atoms with van der Waals surface area (Å²) in [6.07, 6.45) is 1.09. The van der Waals surface area contributed by atoms with E-state index in [1.54, 1.807) is 11.8 Å². The van der Waals surface area contributed by atoms with Crippen molar-refractivity contribution in [3.05, 3.63) is 35.4 Å². The normalized spacial score (nSPS) is 21.2. The largest absolute Gasteiger partial charge is 0.468 e. The first-order valence-corrected chi connectivity index (χ1v) is 9.76. The molecule has 1 aliphatic rings. The van der Waals surface area contributed by atoms with Crippen LogP contribution >= 0.6 is 11.8 Å². The Bertz CT molecular complexity index is 589. The van der Waals surface area contributed by atoms with Crippen molar-refractivity contribution in [2.45, 2.75) is 44.5 Å². The Morgan fingerprint density at radius 1 is 1.28 bits per heavy atom. The van der Waals surface area contributed by atoms with Gasteiger partial charge in [-0.2, -0.15) is 0 Å². The fourth-order valence-electron chi connectivity index (χ4n) is 2.89. The summed E-state index contributed by atoms with van der Waals surface area (Å²) in [5.41, 5.74) is 2.63. The van der Waals surface area contributed by atoms with Gasteiger partial charge in [0.1, 0.15) is 6.54 Å². The molecule has 0 bridgehead atoms. The van der Waals surface area contributed by atoms with E-state index in [4.69, 9.17) is 0 Å². The molecule has 1 saturated heterocycles. The first-order chi connectivity index (χ1) is 11.9. The Morgan fingerprint density at radius 2 is 1.96 bits per heavy atom. The second-order valence-electron chi connectivity index (χ2n) is 6.90. The van der Waals surface area contributed by atoms with Crippen molar-refractivity contribution in [1.29, 1.82) is 0 Å². The molecule has 3 atom stereocenters. The van der Waals surface area contributed by atoms with Crippen molar-refractivity contribution in [3.8, 4) is 0 Å². The number of carbonyl (C=O) groups excluding carboxylic acids is 2. The van der Waals surface area contributed by atoms with Crippen LogP contribution in [0.3, 0.4) is 0 Å². The second-order valence-corrected chi connectivity index (χ2v) is 8.07. The Balaban J connectivity index is 1.88. The molecule has 0 aromatic heterocycles. The van der Waals surface area contributed by atoms with E-state index >= 15 is 0 Å². The monoisotopic (exact) mass is 364 g/mol. The van der Waals surface area contributed by atoms with Crippen LogP contribution in [0.1, 0.15) is 37.8 Å². The Kier molecular flexibility index (Phi) is 7.32. The second kappa shape index (κ2) is 9.25. The third-order valence-corrected chi connectivity index (χ3v) is 5.79. The van der Waals surface area contributed by atoms with Gasteiger partial charge in [0.05, 0.1) is 18.5 Å². The van der Waals surface area contributed by atoms with Gasteiger partial charge in [-0.25, -0.2) is 0 Å². The molecule has 1 aromatic carbocycles. The fourth-order valence-corrected chi connectivity index (χ4v) is 4.25. The van der Waals surface area contributed by atoms with Gasteiger partial charge in [0.25, 0.3) is 0 Å². The Morgan fingerprint density at radius 3 is 2.56 bits per heavy atom. The van der Waals surface area contributed by atoms with Gasteiger partial charge in [-0.15, -0.1) is 11.8 Å². The van der Waals surface area contributed by atoms with Crippen LogP contribution in [0.2, 0.25) is 0 Å². The molecule has 1 aromatic rings. The molecule has 0 saturated carbocycles. The number of nitrogens with one attached hydrogen (secondary N) is 2. The fraction of sp³-hybridized carbons (Fsp3) is 0.579. The maximum atomic E-state index is 12.1. The summed E-state index contributed by atoms with van der Waals surface area (Å²) in [6.45, 7) is 6.54. The Labute approximate surface area is 154 Å². The van der Waals surface area contributed by atoms with Crippen molar-refractivity contribution >= 4 is 23.6 Å². The topological polar surface area (TPSA) is 67.4 Å². The summed E-state index contributed by atoms with van der Waals surface area (Å²) < 4.78 is 4.53. The van der Waals surface area contributed by atoms with E-state index in [0.29, 0.717) is 17.6 Å². The molecule has 1 fully saturated rings. The number of carbonyl (C=O) groups is 2. The number of hydrogen-bond acceptors (Lipinski definition) is 5. The molecular weight excluding hydrogens is 336 g/mol. The quantitative estimate of drug-likeness (QED) is 0.727. The predicted molar refractivity (Wildman–Crippen MR) is 102 cm³/mol. The number of thioether (sulfide) groups is 1. The molecule has 1 unspecified atom stereocenters. The third-order valence-electron chi connectivity index (χ3n) is 4.36. The molecule has 1 amide bonds. The first kappa shape index (κ1) is 19.8. The van der Waals surface area contributed by atoms with Crippen LogP contribution in [0.5, 0.6) is 0 Å². The average Bonchev–Trinajstić information content (AvgIpc) is 3.09. The van der Waals surface area contributed by atoms with Gasteiger partial charge in [0.15, 0.2) is 0 Å². The molecule has 0 aliphatic carbocycles. The number of benzene rings is 1. The highest BCUT2D eigenvalue weighted by Crippen LogP contribution is 2.32. The summed E-state index contributed by atoms with van der Waals surface area (Å²) in [4.78, 5) is 23.2. The van der Waals surface area contributed by atoms with Gasteiger partial charge in [0, 0.05) is 11.7 Å². The van der Waals surface area contributed by atoms with E-state index in [1.165, 1.54) is 18.2 Å². The van der Waals surface area contributed by atoms with Crippen LogP contribution in [-0.4, -0.2) is 42.7 Å². The molecule has 1 heterocycles. The van der Waals surface area contributed by atoms with E-state index in [0.717, 1.165) is 6.42 Å². The summed E-state index contributed by atoms with van der Waals surface area (Å²) >= 11 is 1.75. The molecule has 2 N–H and O–H groups in total.